The molecule has 0 bridgehead atoms. The van der Waals surface area contributed by atoms with Crippen LogP contribution < -0.4 is 5.32 Å². The molecular weight excluding hydrogens is 368 g/mol. The maximum Gasteiger partial charge on any atom is 0.335 e. The lowest BCUT2D eigenvalue weighted by Crippen LogP contribution is -2.41. The number of piperidine rings is 1. The minimum Gasteiger partial charge on any atom is -0.478 e. The van der Waals surface area contributed by atoms with Gasteiger partial charge in [-0.1, -0.05) is 24.3 Å². The van der Waals surface area contributed by atoms with E-state index in [-0.39, 0.29) is 35.4 Å². The van der Waals surface area contributed by atoms with Crippen molar-refractivity contribution in [2.45, 2.75) is 17.7 Å². The molecule has 0 unspecified atom stereocenters. The summed E-state index contributed by atoms with van der Waals surface area (Å²) in [7, 11) is -3.55. The van der Waals surface area contributed by atoms with E-state index in [0.29, 0.717) is 18.5 Å². The molecule has 2 aromatic carbocycles. The van der Waals surface area contributed by atoms with Crippen LogP contribution in [0.1, 0.15) is 23.2 Å². The SMILES string of the molecule is O=C(O)c1cccc(NC(=O)C2CCN(S(=O)(=O)c3ccccc3)CC2)c1. The fourth-order valence-corrected chi connectivity index (χ4v) is 4.56. The number of sulfonamides is 1. The monoisotopic (exact) mass is 388 g/mol. The number of carbonyl (C=O) groups excluding carboxylic acids is 1. The van der Waals surface area contributed by atoms with Crippen LogP contribution in [0, 0.1) is 5.92 Å². The zero-order chi connectivity index (χ0) is 19.4. The Bertz CT molecular complexity index is 936. The summed E-state index contributed by atoms with van der Waals surface area (Å²) in [6.45, 7) is 0.537. The fourth-order valence-electron chi connectivity index (χ4n) is 3.07. The van der Waals surface area contributed by atoms with Gasteiger partial charge in [0.15, 0.2) is 0 Å². The summed E-state index contributed by atoms with van der Waals surface area (Å²) in [6.07, 6.45) is 0.826. The van der Waals surface area contributed by atoms with Gasteiger partial charge in [-0.2, -0.15) is 4.31 Å². The molecule has 0 spiro atoms. The van der Waals surface area contributed by atoms with E-state index in [9.17, 15) is 18.0 Å². The molecule has 1 aliphatic heterocycles. The number of carbonyl (C=O) groups is 2. The molecule has 142 valence electrons. The number of nitrogens with one attached hydrogen (secondary N) is 1. The third-order valence-electron chi connectivity index (χ3n) is 4.58. The number of anilines is 1. The number of amides is 1. The predicted octanol–water partition coefficient (Wildman–Crippen LogP) is 2.42. The van der Waals surface area contributed by atoms with Crippen LogP contribution in [-0.4, -0.2) is 42.8 Å². The number of benzene rings is 2. The van der Waals surface area contributed by atoms with Crippen molar-refractivity contribution in [3.63, 3.8) is 0 Å². The predicted molar refractivity (Wildman–Crippen MR) is 100.0 cm³/mol. The molecule has 1 aliphatic rings. The van der Waals surface area contributed by atoms with E-state index >= 15 is 0 Å². The first-order valence-electron chi connectivity index (χ1n) is 8.57. The standard InChI is InChI=1S/C19H20N2O5S/c22-18(20-16-6-4-5-15(13-16)19(23)24)14-9-11-21(12-10-14)27(25,26)17-7-2-1-3-8-17/h1-8,13-14H,9-12H2,(H,20,22)(H,23,24). The van der Waals surface area contributed by atoms with Crippen molar-refractivity contribution in [2.24, 2.45) is 5.92 Å². The van der Waals surface area contributed by atoms with Gasteiger partial charge in [0.25, 0.3) is 0 Å². The molecule has 0 atom stereocenters. The van der Waals surface area contributed by atoms with E-state index in [2.05, 4.69) is 5.32 Å². The van der Waals surface area contributed by atoms with E-state index in [1.807, 2.05) is 0 Å². The molecule has 8 heteroatoms. The molecule has 1 amide bonds. The number of nitrogens with zero attached hydrogens (tertiary/aromatic N) is 1. The lowest BCUT2D eigenvalue weighted by atomic mass is 9.97. The van der Waals surface area contributed by atoms with Crippen molar-refractivity contribution in [1.29, 1.82) is 0 Å². The van der Waals surface area contributed by atoms with Crippen molar-refractivity contribution in [2.75, 3.05) is 18.4 Å². The van der Waals surface area contributed by atoms with Gasteiger partial charge in [0.2, 0.25) is 15.9 Å². The zero-order valence-electron chi connectivity index (χ0n) is 14.5. The molecule has 2 aromatic rings. The average molecular weight is 388 g/mol. The Morgan fingerprint density at radius 1 is 1.00 bits per heavy atom. The topological polar surface area (TPSA) is 104 Å². The van der Waals surface area contributed by atoms with Gasteiger partial charge in [-0.25, -0.2) is 13.2 Å². The van der Waals surface area contributed by atoms with Crippen molar-refractivity contribution < 1.29 is 23.1 Å². The van der Waals surface area contributed by atoms with Crippen molar-refractivity contribution >= 4 is 27.6 Å². The number of carboxylic acid groups (broad SMARTS) is 1. The lowest BCUT2D eigenvalue weighted by Gasteiger charge is -2.30. The first-order valence-corrected chi connectivity index (χ1v) is 10.0. The number of carboxylic acids is 1. The molecule has 0 aromatic heterocycles. The third kappa shape index (κ3) is 4.35. The highest BCUT2D eigenvalue weighted by molar-refractivity contribution is 7.89. The van der Waals surface area contributed by atoms with E-state index in [0.717, 1.165) is 0 Å². The van der Waals surface area contributed by atoms with Gasteiger partial charge in [0, 0.05) is 24.7 Å². The number of rotatable bonds is 5. The van der Waals surface area contributed by atoms with Gasteiger partial charge >= 0.3 is 5.97 Å². The Kier molecular flexibility index (Phi) is 5.57. The van der Waals surface area contributed by atoms with Crippen LogP contribution in [0.3, 0.4) is 0 Å². The molecular formula is C19H20N2O5S. The summed E-state index contributed by atoms with van der Waals surface area (Å²) < 4.78 is 26.7. The zero-order valence-corrected chi connectivity index (χ0v) is 15.4. The summed E-state index contributed by atoms with van der Waals surface area (Å²) in [6, 6.07) is 14.3. The molecule has 3 rings (SSSR count). The highest BCUT2D eigenvalue weighted by Crippen LogP contribution is 2.25. The summed E-state index contributed by atoms with van der Waals surface area (Å²) >= 11 is 0. The van der Waals surface area contributed by atoms with E-state index in [4.69, 9.17) is 5.11 Å². The lowest BCUT2D eigenvalue weighted by molar-refractivity contribution is -0.120. The first-order chi connectivity index (χ1) is 12.9. The fraction of sp³-hybridized carbons (Fsp3) is 0.263. The smallest absolute Gasteiger partial charge is 0.335 e. The Labute approximate surface area is 157 Å². The summed E-state index contributed by atoms with van der Waals surface area (Å²) in [4.78, 5) is 23.7. The highest BCUT2D eigenvalue weighted by Gasteiger charge is 2.32. The minimum atomic E-state index is -3.55. The van der Waals surface area contributed by atoms with Crippen LogP contribution in [0.4, 0.5) is 5.69 Å². The largest absolute Gasteiger partial charge is 0.478 e. The summed E-state index contributed by atoms with van der Waals surface area (Å²) in [5.41, 5.74) is 0.510. The van der Waals surface area contributed by atoms with Crippen molar-refractivity contribution in [3.8, 4) is 0 Å². The van der Waals surface area contributed by atoms with Gasteiger partial charge in [0.05, 0.1) is 10.5 Å². The molecule has 0 saturated carbocycles. The van der Waals surface area contributed by atoms with Gasteiger partial charge < -0.3 is 10.4 Å². The van der Waals surface area contributed by atoms with Gasteiger partial charge in [-0.05, 0) is 43.2 Å². The van der Waals surface area contributed by atoms with Gasteiger partial charge in [0.1, 0.15) is 0 Å². The second-order valence-electron chi connectivity index (χ2n) is 6.37. The van der Waals surface area contributed by atoms with Gasteiger partial charge in [-0.3, -0.25) is 4.79 Å². The van der Waals surface area contributed by atoms with Crippen LogP contribution in [0.15, 0.2) is 59.5 Å². The van der Waals surface area contributed by atoms with Crippen molar-refractivity contribution in [3.05, 3.63) is 60.2 Å². The average Bonchev–Trinajstić information content (AvgIpc) is 2.69. The van der Waals surface area contributed by atoms with E-state index < -0.39 is 16.0 Å². The number of hydrogen-bond acceptors (Lipinski definition) is 4. The van der Waals surface area contributed by atoms with Crippen molar-refractivity contribution in [1.82, 2.24) is 4.31 Å². The van der Waals surface area contributed by atoms with Crippen LogP contribution in [-0.2, 0) is 14.8 Å². The quantitative estimate of drug-likeness (QED) is 0.819. The molecule has 0 radical (unpaired) electrons. The molecule has 0 aliphatic carbocycles. The second kappa shape index (κ2) is 7.89. The van der Waals surface area contributed by atoms with Crippen LogP contribution >= 0.6 is 0 Å². The Hall–Kier alpha value is -2.71. The normalized spacial score (nSPS) is 16.0. The van der Waals surface area contributed by atoms with Crippen LogP contribution in [0.25, 0.3) is 0 Å². The third-order valence-corrected chi connectivity index (χ3v) is 6.50. The maximum atomic E-state index is 12.6. The Balaban J connectivity index is 1.61. The summed E-state index contributed by atoms with van der Waals surface area (Å²) in [5, 5.41) is 11.7. The Morgan fingerprint density at radius 3 is 2.30 bits per heavy atom. The van der Waals surface area contributed by atoms with Crippen LogP contribution in [0.2, 0.25) is 0 Å². The highest BCUT2D eigenvalue weighted by atomic mass is 32.2. The first kappa shape index (κ1) is 19.1. The number of aromatic carboxylic acids is 1. The molecule has 27 heavy (non-hydrogen) atoms. The molecule has 2 N–H and O–H groups in total. The van der Waals surface area contributed by atoms with E-state index in [1.165, 1.54) is 16.4 Å². The van der Waals surface area contributed by atoms with Gasteiger partial charge in [-0.15, -0.1) is 0 Å². The Morgan fingerprint density at radius 2 is 1.67 bits per heavy atom. The molecule has 1 heterocycles. The summed E-state index contributed by atoms with van der Waals surface area (Å²) in [5.74, 6) is -1.61. The molecule has 1 saturated heterocycles. The van der Waals surface area contributed by atoms with Crippen LogP contribution in [0.5, 0.6) is 0 Å². The molecule has 7 nitrogen and oxygen atoms in total. The minimum absolute atomic E-state index is 0.0940. The maximum absolute atomic E-state index is 12.6. The second-order valence-corrected chi connectivity index (χ2v) is 8.30. The van der Waals surface area contributed by atoms with E-state index in [1.54, 1.807) is 42.5 Å². The number of hydrogen-bond donors (Lipinski definition) is 2. The molecule has 1 fully saturated rings.